The Morgan fingerprint density at radius 3 is 2.00 bits per heavy atom. The van der Waals surface area contributed by atoms with E-state index in [-0.39, 0.29) is 21.1 Å². The van der Waals surface area contributed by atoms with Crippen LogP contribution in [0.1, 0.15) is 0 Å². The van der Waals surface area contributed by atoms with Gasteiger partial charge in [-0.1, -0.05) is 72.8 Å². The minimum Gasteiger partial charge on any atom is -0.410 e. The molecule has 4 aromatic rings. The second-order valence-corrected chi connectivity index (χ2v) is 8.33. The van der Waals surface area contributed by atoms with E-state index in [0.29, 0.717) is 0 Å². The van der Waals surface area contributed by atoms with Crippen LogP contribution in [0, 0.1) is 0 Å². The van der Waals surface area contributed by atoms with E-state index in [1.165, 1.54) is 22.2 Å². The molecule has 0 spiro atoms. The van der Waals surface area contributed by atoms with Crippen molar-refractivity contribution in [1.82, 2.24) is 18.9 Å². The van der Waals surface area contributed by atoms with Crippen molar-refractivity contribution in [3.05, 3.63) is 97.3 Å². The predicted molar refractivity (Wildman–Crippen MR) is 130 cm³/mol. The van der Waals surface area contributed by atoms with Crippen LogP contribution in [-0.2, 0) is 0 Å². The Kier molecular flexibility index (Phi) is 4.30. The van der Waals surface area contributed by atoms with E-state index in [1.807, 2.05) is 6.20 Å². The molecule has 6 rings (SSSR count). The third-order valence-electron chi connectivity index (χ3n) is 6.57. The largest absolute Gasteiger partial charge is 0.454 e. The summed E-state index contributed by atoms with van der Waals surface area (Å²) in [5.41, 5.74) is 4.95. The average molecular weight is 401 g/mol. The normalized spacial score (nSPS) is 16.2. The molecule has 3 aromatic carbocycles. The van der Waals surface area contributed by atoms with E-state index in [9.17, 15) is 0 Å². The molecular weight excluding hydrogens is 379 g/mol. The summed E-state index contributed by atoms with van der Waals surface area (Å²) in [6.07, 6.45) is 4.02. The summed E-state index contributed by atoms with van der Waals surface area (Å²) < 4.78 is 9.75. The fraction of sp³-hybridized carbons (Fsp3) is 0.0870. The van der Waals surface area contributed by atoms with Gasteiger partial charge >= 0.3 is 21.1 Å². The van der Waals surface area contributed by atoms with Gasteiger partial charge in [0.15, 0.2) is 0 Å². The van der Waals surface area contributed by atoms with Gasteiger partial charge in [-0.3, -0.25) is 0 Å². The Morgan fingerprint density at radius 1 is 0.677 bits per heavy atom. The van der Waals surface area contributed by atoms with Gasteiger partial charge in [-0.25, -0.2) is 4.98 Å². The molecule has 0 unspecified atom stereocenters. The molecule has 0 amide bonds. The predicted octanol–water partition coefficient (Wildman–Crippen LogP) is 1.87. The second kappa shape index (κ2) is 7.18. The summed E-state index contributed by atoms with van der Waals surface area (Å²) in [7, 11) is 4.46. The number of hydrogen-bond donors (Lipinski definition) is 0. The van der Waals surface area contributed by atoms with Crippen molar-refractivity contribution in [1.29, 1.82) is 0 Å². The molecule has 1 saturated heterocycles. The van der Waals surface area contributed by atoms with Gasteiger partial charge in [-0.2, -0.15) is 0 Å². The molecule has 31 heavy (non-hydrogen) atoms. The molecule has 1 aromatic heterocycles. The number of para-hydroxylation sites is 1. The Morgan fingerprint density at radius 2 is 1.29 bits per heavy atom. The summed E-state index contributed by atoms with van der Waals surface area (Å²) in [5.74, 6) is 1.02. The first-order chi connectivity index (χ1) is 15.3. The smallest absolute Gasteiger partial charge is 0.410 e. The van der Waals surface area contributed by atoms with E-state index >= 15 is 0 Å². The Labute approximate surface area is 184 Å². The molecule has 148 valence electrons. The second-order valence-electron chi connectivity index (χ2n) is 8.33. The molecule has 3 heterocycles. The monoisotopic (exact) mass is 401 g/mol. The first kappa shape index (κ1) is 18.5. The molecule has 0 bridgehead atoms. The van der Waals surface area contributed by atoms with Gasteiger partial charge in [0.2, 0.25) is 0 Å². The van der Waals surface area contributed by atoms with Crippen LogP contribution in [0.2, 0.25) is 0 Å². The lowest BCUT2D eigenvalue weighted by atomic mass is 9.42. The highest BCUT2D eigenvalue weighted by Gasteiger charge is 2.55. The highest BCUT2D eigenvalue weighted by Crippen LogP contribution is 2.38. The van der Waals surface area contributed by atoms with Gasteiger partial charge in [-0.05, 0) is 37.2 Å². The summed E-state index contributed by atoms with van der Waals surface area (Å²) >= 11 is 0. The summed E-state index contributed by atoms with van der Waals surface area (Å²) in [5, 5.41) is 0. The third kappa shape index (κ3) is 2.72. The number of hydrogen-bond acceptors (Lipinski definition) is 4. The summed E-state index contributed by atoms with van der Waals surface area (Å²) in [6.45, 7) is 0.192. The third-order valence-corrected chi connectivity index (χ3v) is 6.57. The molecule has 5 nitrogen and oxygen atoms in total. The van der Waals surface area contributed by atoms with Gasteiger partial charge in [-0.15, -0.1) is 0 Å². The molecular formula is C23H22B3N5. The molecule has 0 atom stereocenters. The lowest BCUT2D eigenvalue weighted by Crippen LogP contribution is -2.83. The zero-order valence-corrected chi connectivity index (χ0v) is 17.7. The van der Waals surface area contributed by atoms with Gasteiger partial charge in [0.05, 0.1) is 0 Å². The standard InChI is InChI=1S/C23H22B3N5/c1-28-24(19-11-5-3-6-12-19)29(2)26-30-18-17-27-23(30)21-15-9-10-16-22(21)31(26)25(28)20-13-7-4-8-14-20/h3-18H,1-2H3. The first-order valence-electron chi connectivity index (χ1n) is 10.7. The quantitative estimate of drug-likeness (QED) is 0.480. The Balaban J connectivity index is 1.60. The van der Waals surface area contributed by atoms with E-state index in [2.05, 4.69) is 124 Å². The SMILES string of the molecule is CN1B(c2ccccc2)N(C)B2N(B1c1ccccc1)c1ccccc1-c1nccn12. The van der Waals surface area contributed by atoms with Crippen LogP contribution in [0.3, 0.4) is 0 Å². The van der Waals surface area contributed by atoms with Crippen LogP contribution in [-0.4, -0.2) is 54.1 Å². The van der Waals surface area contributed by atoms with Gasteiger partial charge in [0.1, 0.15) is 5.82 Å². The Hall–Kier alpha value is -3.22. The highest BCUT2D eigenvalue weighted by molar-refractivity contribution is 7.00. The maximum absolute atomic E-state index is 4.73. The number of imidazole rings is 1. The number of aromatic nitrogens is 2. The van der Waals surface area contributed by atoms with E-state index < -0.39 is 0 Å². The number of fused-ring (bicyclic) bond motifs is 6. The minimum absolute atomic E-state index is 0.0130. The molecule has 0 aliphatic carbocycles. The molecule has 0 N–H and O–H groups in total. The lowest BCUT2D eigenvalue weighted by Gasteiger charge is -2.54. The number of anilines is 1. The van der Waals surface area contributed by atoms with Crippen molar-refractivity contribution in [3.8, 4) is 11.4 Å². The van der Waals surface area contributed by atoms with Crippen molar-refractivity contribution in [2.75, 3.05) is 18.8 Å². The van der Waals surface area contributed by atoms with Crippen LogP contribution >= 0.6 is 0 Å². The van der Waals surface area contributed by atoms with Crippen LogP contribution in [0.5, 0.6) is 0 Å². The topological polar surface area (TPSA) is 27.5 Å². The zero-order valence-electron chi connectivity index (χ0n) is 17.7. The van der Waals surface area contributed by atoms with Gasteiger partial charge < -0.3 is 18.6 Å². The van der Waals surface area contributed by atoms with Crippen LogP contribution < -0.4 is 15.6 Å². The van der Waals surface area contributed by atoms with E-state index in [4.69, 9.17) is 4.98 Å². The fourth-order valence-corrected chi connectivity index (χ4v) is 5.36. The van der Waals surface area contributed by atoms with Crippen molar-refractivity contribution >= 4 is 37.7 Å². The highest BCUT2D eigenvalue weighted by atomic mass is 15.4. The van der Waals surface area contributed by atoms with E-state index in [0.717, 1.165) is 5.82 Å². The average Bonchev–Trinajstić information content (AvgIpc) is 3.30. The van der Waals surface area contributed by atoms with Crippen molar-refractivity contribution in [2.24, 2.45) is 0 Å². The van der Waals surface area contributed by atoms with Crippen molar-refractivity contribution in [3.63, 3.8) is 0 Å². The zero-order chi connectivity index (χ0) is 20.9. The molecule has 2 aliphatic heterocycles. The number of nitrogens with zero attached hydrogens (tertiary/aromatic N) is 5. The molecule has 0 radical (unpaired) electrons. The Bertz CT molecular complexity index is 1220. The summed E-state index contributed by atoms with van der Waals surface area (Å²) in [6, 6.07) is 30.2. The minimum atomic E-state index is 0.0130. The molecule has 0 saturated carbocycles. The fourth-order valence-electron chi connectivity index (χ4n) is 5.36. The summed E-state index contributed by atoms with van der Waals surface area (Å²) in [4.78, 5) is 4.73. The number of benzene rings is 3. The molecule has 8 heteroatoms. The lowest BCUT2D eigenvalue weighted by molar-refractivity contribution is 0.643. The van der Waals surface area contributed by atoms with Gasteiger partial charge in [0.25, 0.3) is 0 Å². The van der Waals surface area contributed by atoms with Crippen molar-refractivity contribution in [2.45, 2.75) is 0 Å². The van der Waals surface area contributed by atoms with Crippen LogP contribution in [0.4, 0.5) is 5.69 Å². The maximum Gasteiger partial charge on any atom is 0.454 e. The number of rotatable bonds is 2. The van der Waals surface area contributed by atoms with Crippen molar-refractivity contribution < 1.29 is 0 Å². The van der Waals surface area contributed by atoms with Crippen LogP contribution in [0.15, 0.2) is 97.3 Å². The van der Waals surface area contributed by atoms with Gasteiger partial charge in [0, 0.05) is 23.6 Å². The molecule has 1 fully saturated rings. The molecule has 2 aliphatic rings. The van der Waals surface area contributed by atoms with E-state index in [1.54, 1.807) is 0 Å². The first-order valence-corrected chi connectivity index (χ1v) is 10.7. The van der Waals surface area contributed by atoms with Crippen LogP contribution in [0.25, 0.3) is 11.4 Å². The maximum atomic E-state index is 4.73.